The maximum absolute atomic E-state index is 11.3. The van der Waals surface area contributed by atoms with E-state index >= 15 is 0 Å². The largest absolute Gasteiger partial charge is 0.369 e. The van der Waals surface area contributed by atoms with Gasteiger partial charge in [0, 0.05) is 13.1 Å². The molecule has 3 heteroatoms. The summed E-state index contributed by atoms with van der Waals surface area (Å²) in [4.78, 5) is 13.6. The van der Waals surface area contributed by atoms with Crippen molar-refractivity contribution >= 4 is 5.91 Å². The number of primary amides is 1. The minimum absolute atomic E-state index is 0.00823. The van der Waals surface area contributed by atoms with Gasteiger partial charge in [-0.3, -0.25) is 9.69 Å². The minimum atomic E-state index is -0.172. The zero-order chi connectivity index (χ0) is 14.7. The second kappa shape index (κ2) is 6.10. The van der Waals surface area contributed by atoms with Crippen LogP contribution in [0.25, 0.3) is 11.1 Å². The van der Waals surface area contributed by atoms with Crippen LogP contribution in [-0.4, -0.2) is 23.9 Å². The SMILES string of the molecule is NC(=O)C1CCN(Cc2ccccc2-c2ccccc2)C1. The summed E-state index contributed by atoms with van der Waals surface area (Å²) in [6, 6.07) is 18.9. The molecular formula is C18H20N2O. The molecule has 1 aliphatic heterocycles. The third-order valence-corrected chi connectivity index (χ3v) is 4.17. The van der Waals surface area contributed by atoms with Crippen molar-refractivity contribution in [2.75, 3.05) is 13.1 Å². The Hall–Kier alpha value is -2.13. The van der Waals surface area contributed by atoms with Crippen molar-refractivity contribution in [2.45, 2.75) is 13.0 Å². The smallest absolute Gasteiger partial charge is 0.221 e. The van der Waals surface area contributed by atoms with Gasteiger partial charge in [0.05, 0.1) is 5.92 Å². The number of benzene rings is 2. The molecule has 0 saturated carbocycles. The maximum atomic E-state index is 11.3. The Labute approximate surface area is 125 Å². The van der Waals surface area contributed by atoms with Crippen LogP contribution in [0.2, 0.25) is 0 Å². The molecule has 2 aromatic carbocycles. The summed E-state index contributed by atoms with van der Waals surface area (Å²) in [7, 11) is 0. The molecule has 21 heavy (non-hydrogen) atoms. The van der Waals surface area contributed by atoms with E-state index in [0.29, 0.717) is 0 Å². The Morgan fingerprint density at radius 3 is 2.52 bits per heavy atom. The predicted octanol–water partition coefficient (Wildman–Crippen LogP) is 2.66. The first-order valence-corrected chi connectivity index (χ1v) is 7.39. The number of hydrogen-bond donors (Lipinski definition) is 1. The number of carbonyl (C=O) groups excluding carboxylic acids is 1. The lowest BCUT2D eigenvalue weighted by Crippen LogP contribution is -2.27. The molecule has 0 bridgehead atoms. The van der Waals surface area contributed by atoms with Gasteiger partial charge in [-0.1, -0.05) is 54.6 Å². The number of likely N-dealkylation sites (tertiary alicyclic amines) is 1. The summed E-state index contributed by atoms with van der Waals surface area (Å²) in [5, 5.41) is 0. The van der Waals surface area contributed by atoms with Crippen LogP contribution in [0.3, 0.4) is 0 Å². The fourth-order valence-corrected chi connectivity index (χ4v) is 3.01. The summed E-state index contributed by atoms with van der Waals surface area (Å²) in [5.41, 5.74) is 9.21. The first-order valence-electron chi connectivity index (χ1n) is 7.39. The standard InChI is InChI=1S/C18H20N2O/c19-18(21)16-10-11-20(13-16)12-15-8-4-5-9-17(15)14-6-2-1-3-7-14/h1-9,16H,10-13H2,(H2,19,21). The number of nitrogens with zero attached hydrogens (tertiary/aromatic N) is 1. The molecular weight excluding hydrogens is 260 g/mol. The monoisotopic (exact) mass is 280 g/mol. The quantitative estimate of drug-likeness (QED) is 0.936. The Morgan fingerprint density at radius 1 is 1.10 bits per heavy atom. The third kappa shape index (κ3) is 3.14. The van der Waals surface area contributed by atoms with Crippen molar-refractivity contribution in [3.05, 3.63) is 60.2 Å². The summed E-state index contributed by atoms with van der Waals surface area (Å²) >= 11 is 0. The maximum Gasteiger partial charge on any atom is 0.221 e. The molecule has 1 heterocycles. The molecule has 1 aliphatic rings. The van der Waals surface area contributed by atoms with E-state index in [0.717, 1.165) is 26.1 Å². The van der Waals surface area contributed by atoms with Crippen LogP contribution in [0.15, 0.2) is 54.6 Å². The fraction of sp³-hybridized carbons (Fsp3) is 0.278. The van der Waals surface area contributed by atoms with E-state index in [4.69, 9.17) is 5.73 Å². The Kier molecular flexibility index (Phi) is 4.02. The van der Waals surface area contributed by atoms with Gasteiger partial charge in [-0.15, -0.1) is 0 Å². The molecule has 0 radical (unpaired) electrons. The number of amides is 1. The summed E-state index contributed by atoms with van der Waals surface area (Å²) < 4.78 is 0. The predicted molar refractivity (Wildman–Crippen MR) is 84.5 cm³/mol. The number of nitrogens with two attached hydrogens (primary N) is 1. The van der Waals surface area contributed by atoms with E-state index in [2.05, 4.69) is 53.4 Å². The average Bonchev–Trinajstić information content (AvgIpc) is 2.98. The van der Waals surface area contributed by atoms with Crippen LogP contribution in [0, 0.1) is 5.92 Å². The highest BCUT2D eigenvalue weighted by atomic mass is 16.1. The van der Waals surface area contributed by atoms with Gasteiger partial charge < -0.3 is 5.73 Å². The van der Waals surface area contributed by atoms with Crippen molar-refractivity contribution < 1.29 is 4.79 Å². The van der Waals surface area contributed by atoms with Gasteiger partial charge in [0.1, 0.15) is 0 Å². The molecule has 0 aliphatic carbocycles. The second-order valence-corrected chi connectivity index (χ2v) is 5.65. The molecule has 108 valence electrons. The van der Waals surface area contributed by atoms with Gasteiger partial charge in [0.2, 0.25) is 5.91 Å². The van der Waals surface area contributed by atoms with E-state index < -0.39 is 0 Å². The first-order chi connectivity index (χ1) is 10.2. The molecule has 1 unspecified atom stereocenters. The minimum Gasteiger partial charge on any atom is -0.369 e. The van der Waals surface area contributed by atoms with Gasteiger partial charge in [-0.25, -0.2) is 0 Å². The topological polar surface area (TPSA) is 46.3 Å². The highest BCUT2D eigenvalue weighted by Crippen LogP contribution is 2.26. The fourth-order valence-electron chi connectivity index (χ4n) is 3.01. The van der Waals surface area contributed by atoms with Gasteiger partial charge in [-0.2, -0.15) is 0 Å². The van der Waals surface area contributed by atoms with Crippen molar-refractivity contribution in [2.24, 2.45) is 11.7 Å². The van der Waals surface area contributed by atoms with Crippen LogP contribution in [0.1, 0.15) is 12.0 Å². The van der Waals surface area contributed by atoms with Crippen LogP contribution in [0.5, 0.6) is 0 Å². The lowest BCUT2D eigenvalue weighted by atomic mass is 9.99. The molecule has 3 rings (SSSR count). The van der Waals surface area contributed by atoms with Gasteiger partial charge in [-0.05, 0) is 29.7 Å². The molecule has 2 aromatic rings. The van der Waals surface area contributed by atoms with E-state index in [9.17, 15) is 4.79 Å². The average molecular weight is 280 g/mol. The lowest BCUT2D eigenvalue weighted by Gasteiger charge is -2.18. The van der Waals surface area contributed by atoms with Crippen molar-refractivity contribution in [3.63, 3.8) is 0 Å². The van der Waals surface area contributed by atoms with E-state index in [-0.39, 0.29) is 11.8 Å². The van der Waals surface area contributed by atoms with Crippen molar-refractivity contribution in [3.8, 4) is 11.1 Å². The summed E-state index contributed by atoms with van der Waals surface area (Å²) in [6.07, 6.45) is 0.878. The van der Waals surface area contributed by atoms with Crippen LogP contribution in [0.4, 0.5) is 0 Å². The van der Waals surface area contributed by atoms with Crippen LogP contribution < -0.4 is 5.73 Å². The lowest BCUT2D eigenvalue weighted by molar-refractivity contribution is -0.121. The summed E-state index contributed by atoms with van der Waals surface area (Å²) in [5.74, 6) is -0.164. The van der Waals surface area contributed by atoms with Crippen molar-refractivity contribution in [1.82, 2.24) is 4.90 Å². The highest BCUT2D eigenvalue weighted by molar-refractivity contribution is 5.77. The van der Waals surface area contributed by atoms with E-state index in [1.165, 1.54) is 16.7 Å². The van der Waals surface area contributed by atoms with Gasteiger partial charge in [0.25, 0.3) is 0 Å². The van der Waals surface area contributed by atoms with Crippen LogP contribution >= 0.6 is 0 Å². The number of carbonyl (C=O) groups is 1. The molecule has 1 amide bonds. The molecule has 0 aromatic heterocycles. The Balaban J connectivity index is 1.79. The number of rotatable bonds is 4. The molecule has 0 spiro atoms. The second-order valence-electron chi connectivity index (χ2n) is 5.65. The first kappa shape index (κ1) is 13.8. The zero-order valence-electron chi connectivity index (χ0n) is 12.0. The van der Waals surface area contributed by atoms with Gasteiger partial charge in [0.15, 0.2) is 0 Å². The third-order valence-electron chi connectivity index (χ3n) is 4.17. The molecule has 1 atom stereocenters. The van der Waals surface area contributed by atoms with Crippen molar-refractivity contribution in [1.29, 1.82) is 0 Å². The zero-order valence-corrected chi connectivity index (χ0v) is 12.0. The molecule has 1 saturated heterocycles. The van der Waals surface area contributed by atoms with E-state index in [1.54, 1.807) is 0 Å². The van der Waals surface area contributed by atoms with Crippen LogP contribution in [-0.2, 0) is 11.3 Å². The normalized spacial score (nSPS) is 18.8. The van der Waals surface area contributed by atoms with Gasteiger partial charge >= 0.3 is 0 Å². The Bertz CT molecular complexity index is 624. The van der Waals surface area contributed by atoms with E-state index in [1.807, 2.05) is 6.07 Å². The molecule has 3 nitrogen and oxygen atoms in total. The summed E-state index contributed by atoms with van der Waals surface area (Å²) in [6.45, 7) is 2.59. The molecule has 2 N–H and O–H groups in total. The Morgan fingerprint density at radius 2 is 1.81 bits per heavy atom. The number of hydrogen-bond acceptors (Lipinski definition) is 2. The highest BCUT2D eigenvalue weighted by Gasteiger charge is 2.26. The molecule has 1 fully saturated rings.